The Bertz CT molecular complexity index is 601. The lowest BCUT2D eigenvalue weighted by Gasteiger charge is -2.45. The van der Waals surface area contributed by atoms with Crippen molar-refractivity contribution in [3.05, 3.63) is 22.7 Å². The van der Waals surface area contributed by atoms with E-state index in [1.165, 1.54) is 16.4 Å². The fourth-order valence-electron chi connectivity index (χ4n) is 2.38. The molecular weight excluding hydrogens is 300 g/mol. The summed E-state index contributed by atoms with van der Waals surface area (Å²) in [5.41, 5.74) is 5.87. The van der Waals surface area contributed by atoms with Gasteiger partial charge in [-0.15, -0.1) is 0 Å². The van der Waals surface area contributed by atoms with Gasteiger partial charge < -0.3 is 10.8 Å². The van der Waals surface area contributed by atoms with Crippen LogP contribution in [0.25, 0.3) is 0 Å². The number of hydrogen-bond acceptors (Lipinski definition) is 4. The molecule has 0 aliphatic carbocycles. The normalized spacial score (nSPS) is 18.8. The molecule has 0 radical (unpaired) electrons. The quantitative estimate of drug-likeness (QED) is 0.829. The molecule has 1 fully saturated rings. The smallest absolute Gasteiger partial charge is 0.243 e. The summed E-state index contributed by atoms with van der Waals surface area (Å²) in [7, 11) is -3.64. The number of nitrogen functional groups attached to an aromatic ring is 1. The highest BCUT2D eigenvalue weighted by Gasteiger charge is 2.46. The van der Waals surface area contributed by atoms with Gasteiger partial charge in [0.2, 0.25) is 10.0 Å². The summed E-state index contributed by atoms with van der Waals surface area (Å²) in [6.07, 6.45) is 1.41. The van der Waals surface area contributed by atoms with Crippen LogP contribution in [0.1, 0.15) is 25.3 Å². The zero-order valence-corrected chi connectivity index (χ0v) is 13.1. The third-order valence-electron chi connectivity index (χ3n) is 3.65. The summed E-state index contributed by atoms with van der Waals surface area (Å²) in [6.45, 7) is 3.93. The average molecular weight is 319 g/mol. The fourth-order valence-corrected chi connectivity index (χ4v) is 4.33. The molecule has 1 heterocycles. The van der Waals surface area contributed by atoms with E-state index < -0.39 is 15.6 Å². The number of anilines is 1. The monoisotopic (exact) mass is 318 g/mol. The maximum atomic E-state index is 12.4. The number of sulfonamides is 1. The molecule has 112 valence electrons. The van der Waals surface area contributed by atoms with Crippen molar-refractivity contribution < 1.29 is 13.5 Å². The summed E-state index contributed by atoms with van der Waals surface area (Å²) in [4.78, 5) is 0.0733. The highest BCUT2D eigenvalue weighted by atomic mass is 35.5. The van der Waals surface area contributed by atoms with E-state index in [9.17, 15) is 13.5 Å². The molecule has 1 aromatic carbocycles. The molecule has 5 nitrogen and oxygen atoms in total. The number of β-amino-alcohol motifs (C(OH)–C–C–N with tert-alkyl or cyclic N) is 1. The van der Waals surface area contributed by atoms with E-state index in [1.807, 2.05) is 6.92 Å². The molecule has 0 aromatic heterocycles. The molecule has 0 atom stereocenters. The molecule has 0 saturated carbocycles. The molecule has 1 aromatic rings. The lowest BCUT2D eigenvalue weighted by Crippen LogP contribution is -2.63. The van der Waals surface area contributed by atoms with Gasteiger partial charge >= 0.3 is 0 Å². The van der Waals surface area contributed by atoms with Crippen molar-refractivity contribution in [3.63, 3.8) is 0 Å². The van der Waals surface area contributed by atoms with Gasteiger partial charge in [0.15, 0.2) is 0 Å². The van der Waals surface area contributed by atoms with Gasteiger partial charge in [0, 0.05) is 23.8 Å². The van der Waals surface area contributed by atoms with Gasteiger partial charge in [-0.2, -0.15) is 4.31 Å². The predicted octanol–water partition coefficient (Wildman–Crippen LogP) is 1.77. The van der Waals surface area contributed by atoms with Gasteiger partial charge in [0.25, 0.3) is 0 Å². The lowest BCUT2D eigenvalue weighted by atomic mass is 9.92. The largest absolute Gasteiger partial charge is 0.398 e. The van der Waals surface area contributed by atoms with Crippen LogP contribution >= 0.6 is 11.6 Å². The van der Waals surface area contributed by atoms with Crippen LogP contribution in [-0.4, -0.2) is 36.5 Å². The predicted molar refractivity (Wildman–Crippen MR) is 79.2 cm³/mol. The Kier molecular flexibility index (Phi) is 4.03. The van der Waals surface area contributed by atoms with E-state index in [1.54, 1.807) is 6.92 Å². The highest BCUT2D eigenvalue weighted by molar-refractivity contribution is 7.89. The molecule has 20 heavy (non-hydrogen) atoms. The average Bonchev–Trinajstić information content (AvgIpc) is 2.32. The molecule has 1 aliphatic heterocycles. The molecule has 3 N–H and O–H groups in total. The molecule has 1 saturated heterocycles. The Labute approximate surface area is 124 Å². The van der Waals surface area contributed by atoms with Crippen molar-refractivity contribution in [1.82, 2.24) is 4.31 Å². The standard InChI is InChI=1S/C13H19ClN2O3S/c1-3-4-13(17)7-16(8-13)20(18,19)10-5-11(14)9(2)12(15)6-10/h5-6,17H,3-4,7-8,15H2,1-2H3. The molecular formula is C13H19ClN2O3S. The number of aliphatic hydroxyl groups is 1. The van der Waals surface area contributed by atoms with Crippen LogP contribution < -0.4 is 5.73 Å². The van der Waals surface area contributed by atoms with Crippen molar-refractivity contribution >= 4 is 27.3 Å². The van der Waals surface area contributed by atoms with E-state index >= 15 is 0 Å². The summed E-state index contributed by atoms with van der Waals surface area (Å²) >= 11 is 5.98. The number of hydrogen-bond donors (Lipinski definition) is 2. The zero-order chi connectivity index (χ0) is 15.1. The summed E-state index contributed by atoms with van der Waals surface area (Å²) in [5, 5.41) is 10.4. The summed E-state index contributed by atoms with van der Waals surface area (Å²) in [6, 6.07) is 2.81. The van der Waals surface area contributed by atoms with E-state index in [4.69, 9.17) is 17.3 Å². The van der Waals surface area contributed by atoms with E-state index in [0.29, 0.717) is 22.7 Å². The van der Waals surface area contributed by atoms with Crippen LogP contribution in [0.5, 0.6) is 0 Å². The van der Waals surface area contributed by atoms with Gasteiger partial charge in [-0.05, 0) is 31.0 Å². The van der Waals surface area contributed by atoms with Gasteiger partial charge in [-0.25, -0.2) is 8.42 Å². The first kappa shape index (κ1) is 15.6. The van der Waals surface area contributed by atoms with Crippen LogP contribution in [-0.2, 0) is 10.0 Å². The van der Waals surface area contributed by atoms with Crippen molar-refractivity contribution in [2.75, 3.05) is 18.8 Å². The maximum absolute atomic E-state index is 12.4. The van der Waals surface area contributed by atoms with Crippen molar-refractivity contribution in [2.45, 2.75) is 37.2 Å². The van der Waals surface area contributed by atoms with Crippen molar-refractivity contribution in [3.8, 4) is 0 Å². The Hall–Kier alpha value is -0.820. The number of nitrogens with two attached hydrogens (primary N) is 1. The molecule has 7 heteroatoms. The van der Waals surface area contributed by atoms with Crippen LogP contribution in [0, 0.1) is 6.92 Å². The van der Waals surface area contributed by atoms with Crippen LogP contribution in [0.2, 0.25) is 5.02 Å². The number of halogens is 1. The second kappa shape index (κ2) is 5.18. The second-order valence-electron chi connectivity index (χ2n) is 5.37. The second-order valence-corrected chi connectivity index (χ2v) is 7.71. The summed E-state index contributed by atoms with van der Waals surface area (Å²) in [5.74, 6) is 0. The minimum absolute atomic E-state index is 0.0733. The first-order chi connectivity index (χ1) is 9.19. The van der Waals surface area contributed by atoms with Gasteiger partial charge in [0.05, 0.1) is 10.5 Å². The third-order valence-corrected chi connectivity index (χ3v) is 5.81. The Morgan fingerprint density at radius 3 is 2.55 bits per heavy atom. The lowest BCUT2D eigenvalue weighted by molar-refractivity contribution is -0.0653. The first-order valence-corrected chi connectivity index (χ1v) is 8.29. The molecule has 2 rings (SSSR count). The van der Waals surface area contributed by atoms with Gasteiger partial charge in [-0.1, -0.05) is 24.9 Å². The van der Waals surface area contributed by atoms with Crippen LogP contribution in [0.3, 0.4) is 0 Å². The molecule has 0 spiro atoms. The number of benzene rings is 1. The van der Waals surface area contributed by atoms with Gasteiger partial charge in [0.1, 0.15) is 0 Å². The van der Waals surface area contributed by atoms with E-state index in [-0.39, 0.29) is 18.0 Å². The Morgan fingerprint density at radius 1 is 1.45 bits per heavy atom. The third kappa shape index (κ3) is 2.65. The van der Waals surface area contributed by atoms with Crippen LogP contribution in [0.15, 0.2) is 17.0 Å². The maximum Gasteiger partial charge on any atom is 0.243 e. The minimum Gasteiger partial charge on any atom is -0.398 e. The molecule has 1 aliphatic rings. The van der Waals surface area contributed by atoms with E-state index in [0.717, 1.165) is 6.42 Å². The topological polar surface area (TPSA) is 83.6 Å². The van der Waals surface area contributed by atoms with Crippen molar-refractivity contribution in [2.24, 2.45) is 0 Å². The Morgan fingerprint density at radius 2 is 2.05 bits per heavy atom. The van der Waals surface area contributed by atoms with Crippen molar-refractivity contribution in [1.29, 1.82) is 0 Å². The Balaban J connectivity index is 2.25. The van der Waals surface area contributed by atoms with Crippen LogP contribution in [0.4, 0.5) is 5.69 Å². The molecule has 0 bridgehead atoms. The molecule has 0 unspecified atom stereocenters. The first-order valence-electron chi connectivity index (χ1n) is 6.48. The number of rotatable bonds is 4. The summed E-state index contributed by atoms with van der Waals surface area (Å²) < 4.78 is 26.1. The zero-order valence-electron chi connectivity index (χ0n) is 11.6. The number of nitrogens with zero attached hydrogens (tertiary/aromatic N) is 1. The van der Waals surface area contributed by atoms with Gasteiger partial charge in [-0.3, -0.25) is 0 Å². The fraction of sp³-hybridized carbons (Fsp3) is 0.538. The highest BCUT2D eigenvalue weighted by Crippen LogP contribution is 2.33. The van der Waals surface area contributed by atoms with E-state index in [2.05, 4.69) is 0 Å². The molecule has 0 amide bonds. The minimum atomic E-state index is -3.64. The SMILES string of the molecule is CCCC1(O)CN(S(=O)(=O)c2cc(N)c(C)c(Cl)c2)C1.